The second-order valence-electron chi connectivity index (χ2n) is 3.04. The van der Waals surface area contributed by atoms with Crippen LogP contribution in [0.15, 0.2) is 29.4 Å². The predicted molar refractivity (Wildman–Crippen MR) is 61.4 cm³/mol. The fourth-order valence-electron chi connectivity index (χ4n) is 1.09. The Morgan fingerprint density at radius 2 is 2.31 bits per heavy atom. The normalized spacial score (nSPS) is 9.56. The van der Waals surface area contributed by atoms with Gasteiger partial charge in [0, 0.05) is 18.1 Å². The van der Waals surface area contributed by atoms with E-state index in [2.05, 4.69) is 22.3 Å². The van der Waals surface area contributed by atoms with E-state index in [4.69, 9.17) is 5.21 Å². The predicted octanol–water partition coefficient (Wildman–Crippen LogP) is 0.982. The third kappa shape index (κ3) is 3.84. The molecular weight excluding hydrogens is 204 g/mol. The zero-order chi connectivity index (χ0) is 11.8. The number of oxime groups is 1. The van der Waals surface area contributed by atoms with E-state index in [-0.39, 0.29) is 5.91 Å². The Hall–Kier alpha value is -2.28. The van der Waals surface area contributed by atoms with E-state index in [1.807, 2.05) is 18.2 Å². The molecule has 0 fully saturated rings. The van der Waals surface area contributed by atoms with E-state index in [1.165, 1.54) is 13.1 Å². The third-order valence-corrected chi connectivity index (χ3v) is 1.81. The molecule has 0 aliphatic carbocycles. The largest absolute Gasteiger partial charge is 0.411 e. The van der Waals surface area contributed by atoms with Gasteiger partial charge in [-0.25, -0.2) is 0 Å². The first-order valence-corrected chi connectivity index (χ1v) is 4.74. The standard InChI is InChI=1S/C12H12N2O2/c1-10(15)13-8-4-7-11-5-2-3-6-12(11)9-14-16/h2-3,5-6,9,16H,8H2,1H3,(H,13,15). The molecule has 0 saturated carbocycles. The molecular formula is C12H12N2O2. The number of hydrogen-bond acceptors (Lipinski definition) is 3. The minimum atomic E-state index is -0.112. The lowest BCUT2D eigenvalue weighted by molar-refractivity contribution is -0.118. The van der Waals surface area contributed by atoms with Crippen LogP contribution in [0, 0.1) is 11.8 Å². The molecule has 0 spiro atoms. The number of amides is 1. The maximum absolute atomic E-state index is 10.6. The van der Waals surface area contributed by atoms with Crippen LogP contribution in [0.1, 0.15) is 18.1 Å². The van der Waals surface area contributed by atoms with Gasteiger partial charge in [-0.3, -0.25) is 4.79 Å². The molecule has 0 aliphatic heterocycles. The van der Waals surface area contributed by atoms with Gasteiger partial charge in [0.05, 0.1) is 12.8 Å². The van der Waals surface area contributed by atoms with Crippen molar-refractivity contribution >= 4 is 12.1 Å². The molecule has 4 heteroatoms. The first kappa shape index (κ1) is 11.8. The second-order valence-corrected chi connectivity index (χ2v) is 3.04. The highest BCUT2D eigenvalue weighted by Crippen LogP contribution is 2.03. The molecule has 2 N–H and O–H groups in total. The van der Waals surface area contributed by atoms with Crippen molar-refractivity contribution in [3.05, 3.63) is 35.4 Å². The molecule has 0 atom stereocenters. The summed E-state index contributed by atoms with van der Waals surface area (Å²) in [5, 5.41) is 14.0. The van der Waals surface area contributed by atoms with Gasteiger partial charge < -0.3 is 10.5 Å². The van der Waals surface area contributed by atoms with Gasteiger partial charge in [0.25, 0.3) is 0 Å². The maximum atomic E-state index is 10.6. The molecule has 1 rings (SSSR count). The van der Waals surface area contributed by atoms with Crippen LogP contribution in [0.3, 0.4) is 0 Å². The Labute approximate surface area is 94.0 Å². The number of rotatable bonds is 2. The van der Waals surface area contributed by atoms with Crippen molar-refractivity contribution in [2.75, 3.05) is 6.54 Å². The molecule has 0 bridgehead atoms. The highest BCUT2D eigenvalue weighted by molar-refractivity contribution is 5.83. The number of hydrogen-bond donors (Lipinski definition) is 2. The van der Waals surface area contributed by atoms with Crippen LogP contribution in [-0.4, -0.2) is 23.9 Å². The average Bonchev–Trinajstić information content (AvgIpc) is 2.26. The van der Waals surface area contributed by atoms with Gasteiger partial charge in [-0.05, 0) is 6.07 Å². The molecule has 0 unspecified atom stereocenters. The Balaban J connectivity index is 2.75. The molecule has 82 valence electrons. The zero-order valence-electron chi connectivity index (χ0n) is 8.90. The molecule has 0 radical (unpaired) electrons. The molecule has 1 aromatic rings. The van der Waals surface area contributed by atoms with E-state index in [9.17, 15) is 4.79 Å². The fraction of sp³-hybridized carbons (Fsp3) is 0.167. The van der Waals surface area contributed by atoms with Gasteiger partial charge in [0.2, 0.25) is 5.91 Å². The Bertz CT molecular complexity index is 456. The van der Waals surface area contributed by atoms with Crippen LogP contribution in [0.5, 0.6) is 0 Å². The highest BCUT2D eigenvalue weighted by Gasteiger charge is 1.94. The average molecular weight is 216 g/mol. The molecule has 16 heavy (non-hydrogen) atoms. The number of nitrogens with one attached hydrogen (secondary N) is 1. The monoisotopic (exact) mass is 216 g/mol. The maximum Gasteiger partial charge on any atom is 0.217 e. The number of carbonyl (C=O) groups is 1. The number of benzene rings is 1. The quantitative estimate of drug-likeness (QED) is 0.335. The van der Waals surface area contributed by atoms with Crippen molar-refractivity contribution in [2.45, 2.75) is 6.92 Å². The summed E-state index contributed by atoms with van der Waals surface area (Å²) in [5.74, 6) is 5.58. The van der Waals surface area contributed by atoms with Crippen molar-refractivity contribution in [1.82, 2.24) is 5.32 Å². The van der Waals surface area contributed by atoms with Crippen molar-refractivity contribution < 1.29 is 10.0 Å². The summed E-state index contributed by atoms with van der Waals surface area (Å²) in [5.41, 5.74) is 1.49. The SMILES string of the molecule is CC(=O)NCC#Cc1ccccc1C=NO. The minimum absolute atomic E-state index is 0.112. The molecule has 4 nitrogen and oxygen atoms in total. The van der Waals surface area contributed by atoms with Crippen LogP contribution in [-0.2, 0) is 4.79 Å². The summed E-state index contributed by atoms with van der Waals surface area (Å²) in [6.45, 7) is 1.74. The molecule has 0 aromatic heterocycles. The lowest BCUT2D eigenvalue weighted by Gasteiger charge is -1.96. The lowest BCUT2D eigenvalue weighted by Crippen LogP contribution is -2.19. The Morgan fingerprint density at radius 1 is 1.56 bits per heavy atom. The summed E-state index contributed by atoms with van der Waals surface area (Å²) < 4.78 is 0. The van der Waals surface area contributed by atoms with Crippen LogP contribution < -0.4 is 5.32 Å². The molecule has 0 heterocycles. The smallest absolute Gasteiger partial charge is 0.217 e. The summed E-state index contributed by atoms with van der Waals surface area (Å²) in [7, 11) is 0. The van der Waals surface area contributed by atoms with Crippen LogP contribution in [0.2, 0.25) is 0 Å². The summed E-state index contributed by atoms with van der Waals surface area (Å²) in [6, 6.07) is 7.28. The van der Waals surface area contributed by atoms with Crippen LogP contribution >= 0.6 is 0 Å². The van der Waals surface area contributed by atoms with Crippen LogP contribution in [0.4, 0.5) is 0 Å². The molecule has 0 aliphatic rings. The van der Waals surface area contributed by atoms with Gasteiger partial charge in [0.1, 0.15) is 0 Å². The third-order valence-electron chi connectivity index (χ3n) is 1.81. The van der Waals surface area contributed by atoms with E-state index in [1.54, 1.807) is 6.07 Å². The second kappa shape index (κ2) is 6.25. The van der Waals surface area contributed by atoms with Crippen LogP contribution in [0.25, 0.3) is 0 Å². The van der Waals surface area contributed by atoms with Crippen molar-refractivity contribution in [3.63, 3.8) is 0 Å². The fourth-order valence-corrected chi connectivity index (χ4v) is 1.09. The van der Waals surface area contributed by atoms with E-state index in [0.29, 0.717) is 6.54 Å². The summed E-state index contributed by atoms with van der Waals surface area (Å²) in [6.07, 6.45) is 1.32. The van der Waals surface area contributed by atoms with Gasteiger partial charge in [-0.15, -0.1) is 0 Å². The van der Waals surface area contributed by atoms with Gasteiger partial charge in [-0.2, -0.15) is 0 Å². The van der Waals surface area contributed by atoms with Crippen molar-refractivity contribution in [3.8, 4) is 11.8 Å². The van der Waals surface area contributed by atoms with Gasteiger partial charge in [0.15, 0.2) is 0 Å². The Kier molecular flexibility index (Phi) is 4.61. The van der Waals surface area contributed by atoms with E-state index < -0.39 is 0 Å². The first-order valence-electron chi connectivity index (χ1n) is 4.74. The summed E-state index contributed by atoms with van der Waals surface area (Å²) in [4.78, 5) is 10.6. The molecule has 1 aromatic carbocycles. The Morgan fingerprint density at radius 3 is 3.00 bits per heavy atom. The number of carbonyl (C=O) groups excluding carboxylic acids is 1. The lowest BCUT2D eigenvalue weighted by atomic mass is 10.1. The first-order chi connectivity index (χ1) is 7.74. The topological polar surface area (TPSA) is 61.7 Å². The van der Waals surface area contributed by atoms with Gasteiger partial charge in [-0.1, -0.05) is 35.2 Å². The van der Waals surface area contributed by atoms with Crippen molar-refractivity contribution in [2.24, 2.45) is 5.16 Å². The van der Waals surface area contributed by atoms with E-state index in [0.717, 1.165) is 11.1 Å². The summed E-state index contributed by atoms with van der Waals surface area (Å²) >= 11 is 0. The minimum Gasteiger partial charge on any atom is -0.411 e. The van der Waals surface area contributed by atoms with Crippen molar-refractivity contribution in [1.29, 1.82) is 0 Å². The van der Waals surface area contributed by atoms with Gasteiger partial charge >= 0.3 is 0 Å². The molecule has 0 saturated heterocycles. The highest BCUT2D eigenvalue weighted by atomic mass is 16.4. The number of nitrogens with zero attached hydrogens (tertiary/aromatic N) is 1. The molecule has 1 amide bonds. The zero-order valence-corrected chi connectivity index (χ0v) is 8.90. The van der Waals surface area contributed by atoms with E-state index >= 15 is 0 Å².